The third kappa shape index (κ3) is 1.78. The van der Waals surface area contributed by atoms with Crippen molar-refractivity contribution in [2.45, 2.75) is 5.92 Å². The van der Waals surface area contributed by atoms with Crippen molar-refractivity contribution < 1.29 is 4.74 Å². The molecule has 1 aliphatic heterocycles. The zero-order chi connectivity index (χ0) is 11.7. The maximum atomic E-state index is 5.30. The number of nitrogens with zero attached hydrogens (tertiary/aromatic N) is 2. The van der Waals surface area contributed by atoms with E-state index in [1.54, 1.807) is 7.11 Å². The van der Waals surface area contributed by atoms with E-state index in [4.69, 9.17) is 4.74 Å². The quantitative estimate of drug-likeness (QED) is 0.830. The molecule has 0 aliphatic carbocycles. The molecule has 1 aromatic carbocycles. The second-order valence-corrected chi connectivity index (χ2v) is 4.10. The van der Waals surface area contributed by atoms with Crippen molar-refractivity contribution >= 4 is 0 Å². The minimum Gasteiger partial charge on any atom is -0.496 e. The Morgan fingerprint density at radius 3 is 2.82 bits per heavy atom. The SMILES string of the molecule is COc1ccccc1-c1n[nH]c(C2CNC2)n1. The summed E-state index contributed by atoms with van der Waals surface area (Å²) in [6.07, 6.45) is 0. The van der Waals surface area contributed by atoms with Crippen LogP contribution in [0.25, 0.3) is 11.4 Å². The van der Waals surface area contributed by atoms with E-state index in [0.717, 1.165) is 30.2 Å². The molecule has 2 N–H and O–H groups in total. The molecule has 0 radical (unpaired) electrons. The molecule has 2 aromatic rings. The van der Waals surface area contributed by atoms with Gasteiger partial charge in [0.2, 0.25) is 0 Å². The lowest BCUT2D eigenvalue weighted by molar-refractivity contribution is 0.416. The van der Waals surface area contributed by atoms with Gasteiger partial charge in [0.25, 0.3) is 0 Å². The van der Waals surface area contributed by atoms with Gasteiger partial charge in [-0.2, -0.15) is 5.10 Å². The van der Waals surface area contributed by atoms with Gasteiger partial charge >= 0.3 is 0 Å². The zero-order valence-electron chi connectivity index (χ0n) is 9.60. The van der Waals surface area contributed by atoms with E-state index in [0.29, 0.717) is 11.7 Å². The minimum absolute atomic E-state index is 0.464. The van der Waals surface area contributed by atoms with Crippen molar-refractivity contribution in [2.75, 3.05) is 20.2 Å². The van der Waals surface area contributed by atoms with Crippen LogP contribution in [0.2, 0.25) is 0 Å². The van der Waals surface area contributed by atoms with E-state index < -0.39 is 0 Å². The number of benzene rings is 1. The van der Waals surface area contributed by atoms with Gasteiger partial charge in [-0.15, -0.1) is 0 Å². The fourth-order valence-corrected chi connectivity index (χ4v) is 1.89. The summed E-state index contributed by atoms with van der Waals surface area (Å²) in [5, 5.41) is 10.5. The van der Waals surface area contributed by atoms with E-state index in [9.17, 15) is 0 Å². The highest BCUT2D eigenvalue weighted by atomic mass is 16.5. The first-order valence-corrected chi connectivity index (χ1v) is 5.65. The van der Waals surface area contributed by atoms with Crippen LogP contribution >= 0.6 is 0 Å². The Morgan fingerprint density at radius 1 is 1.29 bits per heavy atom. The van der Waals surface area contributed by atoms with Crippen LogP contribution in [0, 0.1) is 0 Å². The highest BCUT2D eigenvalue weighted by Crippen LogP contribution is 2.27. The highest BCUT2D eigenvalue weighted by molar-refractivity contribution is 5.63. The molecule has 1 saturated heterocycles. The number of hydrogen-bond donors (Lipinski definition) is 2. The number of ether oxygens (including phenoxy) is 1. The lowest BCUT2D eigenvalue weighted by atomic mass is 10.0. The van der Waals surface area contributed by atoms with Crippen molar-refractivity contribution in [1.29, 1.82) is 0 Å². The minimum atomic E-state index is 0.464. The van der Waals surface area contributed by atoms with Crippen LogP contribution in [-0.4, -0.2) is 35.4 Å². The molecule has 0 atom stereocenters. The standard InChI is InChI=1S/C12H14N4O/c1-17-10-5-3-2-4-9(10)12-14-11(15-16-12)8-6-13-7-8/h2-5,8,13H,6-7H2,1H3,(H,14,15,16). The van der Waals surface area contributed by atoms with Gasteiger partial charge in [-0.1, -0.05) is 12.1 Å². The van der Waals surface area contributed by atoms with Crippen LogP contribution in [0.15, 0.2) is 24.3 Å². The maximum absolute atomic E-state index is 5.30. The summed E-state index contributed by atoms with van der Waals surface area (Å²) in [5.74, 6) is 2.91. The van der Waals surface area contributed by atoms with Gasteiger partial charge in [-0.05, 0) is 12.1 Å². The van der Waals surface area contributed by atoms with Gasteiger partial charge < -0.3 is 10.1 Å². The van der Waals surface area contributed by atoms with Crippen molar-refractivity contribution in [2.24, 2.45) is 0 Å². The van der Waals surface area contributed by atoms with E-state index >= 15 is 0 Å². The van der Waals surface area contributed by atoms with Crippen molar-refractivity contribution in [3.8, 4) is 17.1 Å². The monoisotopic (exact) mass is 230 g/mol. The highest BCUT2D eigenvalue weighted by Gasteiger charge is 2.23. The zero-order valence-corrected chi connectivity index (χ0v) is 9.60. The van der Waals surface area contributed by atoms with Crippen molar-refractivity contribution in [1.82, 2.24) is 20.5 Å². The third-order valence-corrected chi connectivity index (χ3v) is 3.02. The Hall–Kier alpha value is -1.88. The van der Waals surface area contributed by atoms with Crippen molar-refractivity contribution in [3.63, 3.8) is 0 Å². The molecule has 5 heteroatoms. The number of aromatic nitrogens is 3. The molecule has 88 valence electrons. The number of aromatic amines is 1. The predicted molar refractivity (Wildman–Crippen MR) is 64.0 cm³/mol. The average Bonchev–Trinajstić information content (AvgIpc) is 2.76. The summed E-state index contributed by atoms with van der Waals surface area (Å²) in [6, 6.07) is 7.77. The normalized spacial score (nSPS) is 15.6. The molecule has 2 heterocycles. The number of hydrogen-bond acceptors (Lipinski definition) is 4. The first-order chi connectivity index (χ1) is 8.38. The molecular formula is C12H14N4O. The summed E-state index contributed by atoms with van der Waals surface area (Å²) >= 11 is 0. The summed E-state index contributed by atoms with van der Waals surface area (Å²) in [4.78, 5) is 4.52. The fraction of sp³-hybridized carbons (Fsp3) is 0.333. The van der Waals surface area contributed by atoms with Gasteiger partial charge in [-0.25, -0.2) is 4.98 Å². The van der Waals surface area contributed by atoms with E-state index in [1.807, 2.05) is 24.3 Å². The Kier molecular flexibility index (Phi) is 2.53. The lowest BCUT2D eigenvalue weighted by Gasteiger charge is -2.24. The topological polar surface area (TPSA) is 62.8 Å². The summed E-state index contributed by atoms with van der Waals surface area (Å²) in [6.45, 7) is 1.95. The summed E-state index contributed by atoms with van der Waals surface area (Å²) in [7, 11) is 1.66. The molecule has 3 rings (SSSR count). The smallest absolute Gasteiger partial charge is 0.184 e. The Balaban J connectivity index is 1.94. The number of methoxy groups -OCH3 is 1. The van der Waals surface area contributed by atoms with Gasteiger partial charge in [0.1, 0.15) is 11.6 Å². The summed E-state index contributed by atoms with van der Waals surface area (Å²) in [5.41, 5.74) is 0.921. The van der Waals surface area contributed by atoms with Crippen LogP contribution in [0.3, 0.4) is 0 Å². The molecule has 0 bridgehead atoms. The first-order valence-electron chi connectivity index (χ1n) is 5.65. The second-order valence-electron chi connectivity index (χ2n) is 4.10. The molecule has 5 nitrogen and oxygen atoms in total. The van der Waals surface area contributed by atoms with Crippen LogP contribution in [-0.2, 0) is 0 Å². The largest absolute Gasteiger partial charge is 0.496 e. The van der Waals surface area contributed by atoms with Crippen LogP contribution in [0.1, 0.15) is 11.7 Å². The summed E-state index contributed by atoms with van der Waals surface area (Å²) < 4.78 is 5.30. The molecule has 0 spiro atoms. The van der Waals surface area contributed by atoms with E-state index in [2.05, 4.69) is 20.5 Å². The van der Waals surface area contributed by atoms with E-state index in [-0.39, 0.29) is 0 Å². The Bertz CT molecular complexity index is 519. The number of H-pyrrole nitrogens is 1. The fourth-order valence-electron chi connectivity index (χ4n) is 1.89. The van der Waals surface area contributed by atoms with E-state index in [1.165, 1.54) is 0 Å². The average molecular weight is 230 g/mol. The van der Waals surface area contributed by atoms with Crippen LogP contribution < -0.4 is 10.1 Å². The third-order valence-electron chi connectivity index (χ3n) is 3.02. The lowest BCUT2D eigenvalue weighted by Crippen LogP contribution is -2.40. The van der Waals surface area contributed by atoms with Crippen LogP contribution in [0.4, 0.5) is 0 Å². The molecule has 1 aliphatic rings. The molecule has 17 heavy (non-hydrogen) atoms. The van der Waals surface area contributed by atoms with Gasteiger partial charge in [0, 0.05) is 19.0 Å². The molecule has 0 amide bonds. The first kappa shape index (κ1) is 10.3. The number of nitrogens with one attached hydrogen (secondary N) is 2. The Morgan fingerprint density at radius 2 is 2.12 bits per heavy atom. The molecular weight excluding hydrogens is 216 g/mol. The van der Waals surface area contributed by atoms with Crippen LogP contribution in [0.5, 0.6) is 5.75 Å². The van der Waals surface area contributed by atoms with Gasteiger partial charge in [-0.3, -0.25) is 5.10 Å². The predicted octanol–water partition coefficient (Wildman–Crippen LogP) is 1.17. The van der Waals surface area contributed by atoms with Gasteiger partial charge in [0.15, 0.2) is 5.82 Å². The molecule has 0 unspecified atom stereocenters. The molecule has 1 aromatic heterocycles. The second kappa shape index (κ2) is 4.18. The Labute approximate surface area is 99.2 Å². The number of para-hydroxylation sites is 1. The van der Waals surface area contributed by atoms with Crippen molar-refractivity contribution in [3.05, 3.63) is 30.1 Å². The van der Waals surface area contributed by atoms with Gasteiger partial charge in [0.05, 0.1) is 12.7 Å². The maximum Gasteiger partial charge on any atom is 0.184 e. The molecule has 0 saturated carbocycles. The molecule has 1 fully saturated rings. The number of rotatable bonds is 3.